The minimum atomic E-state index is -1.34. The highest BCUT2D eigenvalue weighted by atomic mass is 16.5. The summed E-state index contributed by atoms with van der Waals surface area (Å²) in [6.45, 7) is 2.90. The largest absolute Gasteiger partial charge is 0.504 e. The van der Waals surface area contributed by atoms with Crippen molar-refractivity contribution in [1.29, 1.82) is 0 Å². The number of hydrogen-bond acceptors (Lipinski definition) is 4. The lowest BCUT2D eigenvalue weighted by molar-refractivity contribution is 0.0689. The Labute approximate surface area is 92.9 Å². The quantitative estimate of drug-likeness (QED) is 0.723. The number of methoxy groups -OCH3 is 1. The van der Waals surface area contributed by atoms with E-state index in [0.717, 1.165) is 0 Å². The smallest absolute Gasteiger partial charge is 0.335 e. The summed E-state index contributed by atoms with van der Waals surface area (Å²) in [6, 6.07) is 2.42. The van der Waals surface area contributed by atoms with Crippen molar-refractivity contribution in [2.24, 2.45) is 0 Å². The molecule has 1 aromatic rings. The number of carboxylic acids is 1. The molecule has 16 heavy (non-hydrogen) atoms. The molecule has 0 atom stereocenters. The Morgan fingerprint density at radius 2 is 1.94 bits per heavy atom. The van der Waals surface area contributed by atoms with E-state index in [1.807, 2.05) is 0 Å². The van der Waals surface area contributed by atoms with Crippen LogP contribution in [0.15, 0.2) is 12.1 Å². The molecule has 0 saturated heterocycles. The van der Waals surface area contributed by atoms with E-state index < -0.39 is 11.6 Å². The maximum absolute atomic E-state index is 10.8. The summed E-state index contributed by atoms with van der Waals surface area (Å²) < 4.78 is 4.85. The first-order valence-corrected chi connectivity index (χ1v) is 4.64. The molecule has 0 aliphatic carbocycles. The Kier molecular flexibility index (Phi) is 3.09. The van der Waals surface area contributed by atoms with Crippen LogP contribution in [-0.2, 0) is 5.60 Å². The molecule has 0 unspecified atom stereocenters. The number of benzene rings is 1. The fourth-order valence-corrected chi connectivity index (χ4v) is 1.35. The molecule has 0 bridgehead atoms. The first-order chi connectivity index (χ1) is 7.27. The van der Waals surface area contributed by atoms with Crippen molar-refractivity contribution >= 4 is 5.97 Å². The molecular weight excluding hydrogens is 212 g/mol. The van der Waals surface area contributed by atoms with Gasteiger partial charge in [0, 0.05) is 5.56 Å². The zero-order valence-electron chi connectivity index (χ0n) is 9.31. The summed E-state index contributed by atoms with van der Waals surface area (Å²) in [7, 11) is 1.31. The van der Waals surface area contributed by atoms with Crippen LogP contribution in [0.2, 0.25) is 0 Å². The summed E-state index contributed by atoms with van der Waals surface area (Å²) in [6.07, 6.45) is 0. The lowest BCUT2D eigenvalue weighted by atomic mass is 9.95. The van der Waals surface area contributed by atoms with E-state index in [4.69, 9.17) is 9.84 Å². The summed E-state index contributed by atoms with van der Waals surface area (Å²) in [5.41, 5.74) is -1.28. The van der Waals surface area contributed by atoms with Gasteiger partial charge in [0.25, 0.3) is 0 Å². The van der Waals surface area contributed by atoms with Crippen molar-refractivity contribution in [3.8, 4) is 11.5 Å². The Balaban J connectivity index is 3.48. The van der Waals surface area contributed by atoms with Crippen LogP contribution in [0.1, 0.15) is 29.8 Å². The van der Waals surface area contributed by atoms with Gasteiger partial charge in [0.05, 0.1) is 18.3 Å². The second-order valence-electron chi connectivity index (χ2n) is 3.94. The number of phenolic OH excluding ortho intramolecular Hbond substituents is 1. The van der Waals surface area contributed by atoms with Crippen molar-refractivity contribution in [2.45, 2.75) is 19.4 Å². The Bertz CT molecular complexity index is 417. The minimum absolute atomic E-state index is 0.0250. The number of aromatic carboxylic acids is 1. The van der Waals surface area contributed by atoms with Crippen molar-refractivity contribution < 1.29 is 24.9 Å². The molecule has 0 aliphatic heterocycles. The highest BCUT2D eigenvalue weighted by molar-refractivity contribution is 5.89. The zero-order chi connectivity index (χ0) is 12.5. The second-order valence-corrected chi connectivity index (χ2v) is 3.94. The molecule has 5 nitrogen and oxygen atoms in total. The van der Waals surface area contributed by atoms with Gasteiger partial charge in [0.2, 0.25) is 0 Å². The number of hydrogen-bond donors (Lipinski definition) is 3. The molecule has 0 aromatic heterocycles. The van der Waals surface area contributed by atoms with Gasteiger partial charge in [0.1, 0.15) is 0 Å². The Hall–Kier alpha value is -1.75. The third-order valence-electron chi connectivity index (χ3n) is 2.20. The van der Waals surface area contributed by atoms with Crippen LogP contribution in [0.3, 0.4) is 0 Å². The van der Waals surface area contributed by atoms with E-state index >= 15 is 0 Å². The monoisotopic (exact) mass is 226 g/mol. The fraction of sp³-hybridized carbons (Fsp3) is 0.364. The second kappa shape index (κ2) is 4.02. The lowest BCUT2D eigenvalue weighted by Gasteiger charge is -2.21. The number of carbonyl (C=O) groups is 1. The molecular formula is C11H14O5. The summed E-state index contributed by atoms with van der Waals surface area (Å²) in [5, 5.41) is 28.4. The van der Waals surface area contributed by atoms with Gasteiger partial charge < -0.3 is 20.1 Å². The molecule has 1 aromatic carbocycles. The van der Waals surface area contributed by atoms with E-state index in [2.05, 4.69) is 0 Å². The van der Waals surface area contributed by atoms with Gasteiger partial charge in [-0.1, -0.05) is 0 Å². The Morgan fingerprint density at radius 1 is 1.38 bits per heavy atom. The lowest BCUT2D eigenvalue weighted by Crippen LogP contribution is -2.17. The van der Waals surface area contributed by atoms with Crippen LogP contribution in [0.25, 0.3) is 0 Å². The molecule has 0 aliphatic rings. The molecule has 1 rings (SSSR count). The van der Waals surface area contributed by atoms with Gasteiger partial charge >= 0.3 is 5.97 Å². The number of phenols is 1. The number of aliphatic hydroxyl groups is 1. The summed E-state index contributed by atoms with van der Waals surface area (Å²) in [4.78, 5) is 10.8. The minimum Gasteiger partial charge on any atom is -0.504 e. The molecule has 0 heterocycles. The van der Waals surface area contributed by atoms with Crippen LogP contribution in [0, 0.1) is 0 Å². The predicted octanol–water partition coefficient (Wildman–Crippen LogP) is 1.33. The number of ether oxygens (including phenoxy) is 1. The van der Waals surface area contributed by atoms with Crippen LogP contribution >= 0.6 is 0 Å². The Morgan fingerprint density at radius 3 is 2.31 bits per heavy atom. The average Bonchev–Trinajstić information content (AvgIpc) is 2.15. The summed E-state index contributed by atoms with van der Waals surface area (Å²) in [5.74, 6) is -1.37. The topological polar surface area (TPSA) is 87.0 Å². The van der Waals surface area contributed by atoms with Crippen LogP contribution in [0.5, 0.6) is 11.5 Å². The molecule has 3 N–H and O–H groups in total. The van der Waals surface area contributed by atoms with Crippen molar-refractivity contribution in [1.82, 2.24) is 0 Å². The predicted molar refractivity (Wildman–Crippen MR) is 56.9 cm³/mol. The van der Waals surface area contributed by atoms with Crippen LogP contribution in [0.4, 0.5) is 0 Å². The van der Waals surface area contributed by atoms with Gasteiger partial charge in [-0.15, -0.1) is 0 Å². The third kappa shape index (κ3) is 2.25. The fourth-order valence-electron chi connectivity index (χ4n) is 1.35. The highest BCUT2D eigenvalue weighted by Gasteiger charge is 2.25. The maximum atomic E-state index is 10.8. The number of rotatable bonds is 3. The standard InChI is InChI=1S/C11H14O5/c1-11(2,15)7-4-6(10(13)14)5-8(16-3)9(7)12/h4-5,12,15H,1-3H3,(H,13,14). The number of carboxylic acid groups (broad SMARTS) is 1. The van der Waals surface area contributed by atoms with Gasteiger partial charge in [-0.2, -0.15) is 0 Å². The van der Waals surface area contributed by atoms with Crippen LogP contribution < -0.4 is 4.74 Å². The van der Waals surface area contributed by atoms with Crippen molar-refractivity contribution in [3.05, 3.63) is 23.3 Å². The summed E-state index contributed by atoms with van der Waals surface area (Å²) >= 11 is 0. The third-order valence-corrected chi connectivity index (χ3v) is 2.20. The molecule has 0 spiro atoms. The zero-order valence-corrected chi connectivity index (χ0v) is 9.31. The molecule has 88 valence electrons. The number of aromatic hydroxyl groups is 1. The molecule has 0 fully saturated rings. The van der Waals surface area contributed by atoms with Gasteiger partial charge in [-0.25, -0.2) is 4.79 Å². The van der Waals surface area contributed by atoms with E-state index in [1.54, 1.807) is 0 Å². The van der Waals surface area contributed by atoms with Gasteiger partial charge in [0.15, 0.2) is 11.5 Å². The first kappa shape index (κ1) is 12.3. The van der Waals surface area contributed by atoms with Crippen LogP contribution in [-0.4, -0.2) is 28.4 Å². The average molecular weight is 226 g/mol. The normalized spacial score (nSPS) is 11.2. The van der Waals surface area contributed by atoms with E-state index in [0.29, 0.717) is 0 Å². The highest BCUT2D eigenvalue weighted by Crippen LogP contribution is 2.37. The van der Waals surface area contributed by atoms with Crippen molar-refractivity contribution in [2.75, 3.05) is 7.11 Å². The molecule has 0 radical (unpaired) electrons. The van der Waals surface area contributed by atoms with E-state index in [1.165, 1.54) is 33.1 Å². The van der Waals surface area contributed by atoms with Gasteiger partial charge in [-0.3, -0.25) is 0 Å². The van der Waals surface area contributed by atoms with E-state index in [-0.39, 0.29) is 22.6 Å². The molecule has 0 saturated carbocycles. The SMILES string of the molecule is COc1cc(C(=O)O)cc(C(C)(C)O)c1O. The molecule has 5 heteroatoms. The molecule has 0 amide bonds. The van der Waals surface area contributed by atoms with E-state index in [9.17, 15) is 15.0 Å². The van der Waals surface area contributed by atoms with Crippen molar-refractivity contribution in [3.63, 3.8) is 0 Å². The first-order valence-electron chi connectivity index (χ1n) is 4.64. The maximum Gasteiger partial charge on any atom is 0.335 e. The van der Waals surface area contributed by atoms with Gasteiger partial charge in [-0.05, 0) is 26.0 Å².